The van der Waals surface area contributed by atoms with E-state index < -0.39 is 0 Å². The Bertz CT molecular complexity index is 561. The van der Waals surface area contributed by atoms with E-state index in [-0.39, 0.29) is 12.4 Å². The SMILES string of the molecule is COC(=O)CCOc1ccc(-c2ccc(I)cc2)cc1. The first-order chi connectivity index (χ1) is 9.69. The number of halogens is 1. The average molecular weight is 382 g/mol. The molecule has 0 unspecified atom stereocenters. The molecule has 0 amide bonds. The van der Waals surface area contributed by atoms with Gasteiger partial charge in [0.05, 0.1) is 20.1 Å². The highest BCUT2D eigenvalue weighted by atomic mass is 127. The second-order valence-electron chi connectivity index (χ2n) is 4.21. The van der Waals surface area contributed by atoms with Crippen LogP contribution < -0.4 is 4.74 Å². The summed E-state index contributed by atoms with van der Waals surface area (Å²) >= 11 is 2.29. The zero-order valence-electron chi connectivity index (χ0n) is 11.1. The molecule has 0 atom stereocenters. The van der Waals surface area contributed by atoms with Crippen LogP contribution in [0.1, 0.15) is 6.42 Å². The molecule has 0 bridgehead atoms. The van der Waals surface area contributed by atoms with Crippen LogP contribution in [0.5, 0.6) is 5.75 Å². The highest BCUT2D eigenvalue weighted by molar-refractivity contribution is 14.1. The predicted molar refractivity (Wildman–Crippen MR) is 86.7 cm³/mol. The Morgan fingerprint density at radius 1 is 1.00 bits per heavy atom. The van der Waals surface area contributed by atoms with Crippen LogP contribution in [-0.2, 0) is 9.53 Å². The molecule has 0 saturated carbocycles. The van der Waals surface area contributed by atoms with Crippen LogP contribution in [0.4, 0.5) is 0 Å². The Kier molecular flexibility index (Phi) is 5.40. The minimum atomic E-state index is -0.263. The van der Waals surface area contributed by atoms with Crippen molar-refractivity contribution in [1.82, 2.24) is 0 Å². The third-order valence-electron chi connectivity index (χ3n) is 2.83. The normalized spacial score (nSPS) is 10.1. The monoisotopic (exact) mass is 382 g/mol. The lowest BCUT2D eigenvalue weighted by molar-refractivity contribution is -0.141. The molecule has 0 fully saturated rings. The summed E-state index contributed by atoms with van der Waals surface area (Å²) in [6, 6.07) is 16.2. The van der Waals surface area contributed by atoms with Gasteiger partial charge in [0.2, 0.25) is 0 Å². The third-order valence-corrected chi connectivity index (χ3v) is 3.55. The predicted octanol–water partition coefficient (Wildman–Crippen LogP) is 3.90. The van der Waals surface area contributed by atoms with Gasteiger partial charge in [0.15, 0.2) is 0 Å². The van der Waals surface area contributed by atoms with Crippen LogP contribution in [0.2, 0.25) is 0 Å². The van der Waals surface area contributed by atoms with E-state index in [0.717, 1.165) is 11.3 Å². The molecule has 20 heavy (non-hydrogen) atoms. The van der Waals surface area contributed by atoms with E-state index >= 15 is 0 Å². The van der Waals surface area contributed by atoms with Crippen LogP contribution in [-0.4, -0.2) is 19.7 Å². The van der Waals surface area contributed by atoms with Gasteiger partial charge in [-0.1, -0.05) is 24.3 Å². The zero-order valence-corrected chi connectivity index (χ0v) is 13.3. The van der Waals surface area contributed by atoms with Gasteiger partial charge in [-0.25, -0.2) is 0 Å². The van der Waals surface area contributed by atoms with Gasteiger partial charge in [0.1, 0.15) is 5.75 Å². The minimum absolute atomic E-state index is 0.259. The van der Waals surface area contributed by atoms with E-state index in [1.54, 1.807) is 0 Å². The van der Waals surface area contributed by atoms with Crippen molar-refractivity contribution < 1.29 is 14.3 Å². The van der Waals surface area contributed by atoms with Crippen molar-refractivity contribution in [3.05, 3.63) is 52.1 Å². The summed E-state index contributed by atoms with van der Waals surface area (Å²) in [6.45, 7) is 0.329. The Hall–Kier alpha value is -1.56. The van der Waals surface area contributed by atoms with Crippen LogP contribution in [0.15, 0.2) is 48.5 Å². The number of carbonyl (C=O) groups is 1. The Morgan fingerprint density at radius 2 is 1.55 bits per heavy atom. The fraction of sp³-hybridized carbons (Fsp3) is 0.188. The number of carbonyl (C=O) groups excluding carboxylic acids is 1. The molecule has 2 aromatic carbocycles. The molecule has 2 rings (SSSR count). The Morgan fingerprint density at radius 3 is 2.10 bits per heavy atom. The highest BCUT2D eigenvalue weighted by Crippen LogP contribution is 2.23. The molecule has 0 saturated heterocycles. The molecule has 0 aliphatic heterocycles. The van der Waals surface area contributed by atoms with Gasteiger partial charge in [-0.2, -0.15) is 0 Å². The zero-order chi connectivity index (χ0) is 14.4. The van der Waals surface area contributed by atoms with E-state index in [4.69, 9.17) is 4.74 Å². The van der Waals surface area contributed by atoms with Crippen molar-refractivity contribution in [2.75, 3.05) is 13.7 Å². The average Bonchev–Trinajstić information content (AvgIpc) is 2.48. The first kappa shape index (κ1) is 14.8. The highest BCUT2D eigenvalue weighted by Gasteiger charge is 2.02. The van der Waals surface area contributed by atoms with Crippen molar-refractivity contribution in [3.8, 4) is 16.9 Å². The largest absolute Gasteiger partial charge is 0.493 e. The molecule has 4 heteroatoms. The van der Waals surface area contributed by atoms with Crippen molar-refractivity contribution in [2.45, 2.75) is 6.42 Å². The summed E-state index contributed by atoms with van der Waals surface area (Å²) in [5, 5.41) is 0. The van der Waals surface area contributed by atoms with Crippen molar-refractivity contribution in [1.29, 1.82) is 0 Å². The third kappa shape index (κ3) is 4.23. The lowest BCUT2D eigenvalue weighted by atomic mass is 10.1. The van der Waals surface area contributed by atoms with Gasteiger partial charge in [-0.05, 0) is 58.0 Å². The van der Waals surface area contributed by atoms with Gasteiger partial charge < -0.3 is 9.47 Å². The van der Waals surface area contributed by atoms with E-state index in [0.29, 0.717) is 6.61 Å². The first-order valence-corrected chi connectivity index (χ1v) is 7.32. The maximum atomic E-state index is 11.0. The van der Waals surface area contributed by atoms with E-state index in [1.165, 1.54) is 16.2 Å². The number of rotatable bonds is 5. The van der Waals surface area contributed by atoms with Crippen molar-refractivity contribution in [3.63, 3.8) is 0 Å². The molecule has 0 radical (unpaired) electrons. The standard InChI is InChI=1S/C16H15IO3/c1-19-16(18)10-11-20-15-8-4-13(5-9-15)12-2-6-14(17)7-3-12/h2-9H,10-11H2,1H3. The fourth-order valence-electron chi connectivity index (χ4n) is 1.74. The molecule has 0 aliphatic rings. The Balaban J connectivity index is 1.96. The van der Waals surface area contributed by atoms with Crippen molar-refractivity contribution >= 4 is 28.6 Å². The lowest BCUT2D eigenvalue weighted by Gasteiger charge is -2.07. The van der Waals surface area contributed by atoms with Gasteiger partial charge in [0, 0.05) is 3.57 Å². The number of benzene rings is 2. The quantitative estimate of drug-likeness (QED) is 0.581. The summed E-state index contributed by atoms with van der Waals surface area (Å²) < 4.78 is 11.3. The number of hydrogen-bond acceptors (Lipinski definition) is 3. The smallest absolute Gasteiger partial charge is 0.308 e. The topological polar surface area (TPSA) is 35.5 Å². The minimum Gasteiger partial charge on any atom is -0.493 e. The second kappa shape index (κ2) is 7.28. The maximum absolute atomic E-state index is 11.0. The molecule has 0 aromatic heterocycles. The van der Waals surface area contributed by atoms with E-state index in [2.05, 4.69) is 51.6 Å². The number of esters is 1. The number of methoxy groups -OCH3 is 1. The number of hydrogen-bond donors (Lipinski definition) is 0. The molecule has 2 aromatic rings. The van der Waals surface area contributed by atoms with Crippen LogP contribution in [0.25, 0.3) is 11.1 Å². The van der Waals surface area contributed by atoms with Gasteiger partial charge >= 0.3 is 5.97 Å². The molecule has 104 valence electrons. The summed E-state index contributed by atoms with van der Waals surface area (Å²) in [5.74, 6) is 0.490. The molecule has 0 heterocycles. The van der Waals surface area contributed by atoms with Crippen LogP contribution >= 0.6 is 22.6 Å². The number of ether oxygens (including phenoxy) is 2. The summed E-state index contributed by atoms with van der Waals surface area (Å²) in [7, 11) is 1.37. The fourth-order valence-corrected chi connectivity index (χ4v) is 2.10. The Labute approximate surface area is 132 Å². The second-order valence-corrected chi connectivity index (χ2v) is 5.45. The van der Waals surface area contributed by atoms with E-state index in [9.17, 15) is 4.79 Å². The summed E-state index contributed by atoms with van der Waals surface area (Å²) in [5.41, 5.74) is 2.31. The lowest BCUT2D eigenvalue weighted by Crippen LogP contribution is -2.07. The molecule has 0 aliphatic carbocycles. The first-order valence-electron chi connectivity index (χ1n) is 6.24. The van der Waals surface area contributed by atoms with Gasteiger partial charge in [0.25, 0.3) is 0 Å². The van der Waals surface area contributed by atoms with Crippen LogP contribution in [0, 0.1) is 3.57 Å². The molecular weight excluding hydrogens is 367 g/mol. The maximum Gasteiger partial charge on any atom is 0.308 e. The summed E-state index contributed by atoms with van der Waals surface area (Å²) in [6.07, 6.45) is 0.259. The molecule has 3 nitrogen and oxygen atoms in total. The molecule has 0 N–H and O–H groups in total. The summed E-state index contributed by atoms with van der Waals surface area (Å²) in [4.78, 5) is 11.0. The van der Waals surface area contributed by atoms with Crippen molar-refractivity contribution in [2.24, 2.45) is 0 Å². The van der Waals surface area contributed by atoms with Gasteiger partial charge in [-0.3, -0.25) is 4.79 Å². The van der Waals surface area contributed by atoms with Gasteiger partial charge in [-0.15, -0.1) is 0 Å². The molecular formula is C16H15IO3. The van der Waals surface area contributed by atoms with E-state index in [1.807, 2.05) is 24.3 Å². The van der Waals surface area contributed by atoms with Crippen LogP contribution in [0.3, 0.4) is 0 Å². The molecule has 0 spiro atoms.